The van der Waals surface area contributed by atoms with E-state index >= 15 is 0 Å². The smallest absolute Gasteiger partial charge is 0.329 e. The van der Waals surface area contributed by atoms with Gasteiger partial charge in [0.2, 0.25) is 5.91 Å². The second kappa shape index (κ2) is 7.60. The zero-order valence-corrected chi connectivity index (χ0v) is 11.9. The van der Waals surface area contributed by atoms with Crippen molar-refractivity contribution in [3.8, 4) is 0 Å². The Balaban J connectivity index is 4.33. The Labute approximate surface area is 113 Å². The Morgan fingerprint density at radius 3 is 2.05 bits per heavy atom. The molecule has 0 aromatic heterocycles. The molecule has 0 saturated carbocycles. The van der Waals surface area contributed by atoms with E-state index in [1.165, 1.54) is 6.92 Å². The maximum absolute atomic E-state index is 11.6. The van der Waals surface area contributed by atoms with Crippen LogP contribution in [0.1, 0.15) is 34.1 Å². The summed E-state index contributed by atoms with van der Waals surface area (Å²) in [5.41, 5.74) is -1.33. The van der Waals surface area contributed by atoms with Gasteiger partial charge >= 0.3 is 12.0 Å². The van der Waals surface area contributed by atoms with Crippen LogP contribution in [0.3, 0.4) is 0 Å². The van der Waals surface area contributed by atoms with E-state index in [9.17, 15) is 14.4 Å². The highest BCUT2D eigenvalue weighted by molar-refractivity contribution is 5.88. The molecule has 0 radical (unpaired) electrons. The van der Waals surface area contributed by atoms with Gasteiger partial charge in [-0.05, 0) is 27.2 Å². The highest BCUT2D eigenvalue weighted by Crippen LogP contribution is 2.08. The van der Waals surface area contributed by atoms with Crippen molar-refractivity contribution >= 4 is 17.9 Å². The molecule has 0 aliphatic rings. The summed E-state index contributed by atoms with van der Waals surface area (Å²) in [4.78, 5) is 35.8. The van der Waals surface area contributed by atoms with Gasteiger partial charge in [0.1, 0.15) is 5.54 Å². The Hall–Kier alpha value is -1.79. The van der Waals surface area contributed by atoms with Gasteiger partial charge in [-0.1, -0.05) is 6.92 Å². The molecule has 0 aromatic carbocycles. The van der Waals surface area contributed by atoms with Crippen molar-refractivity contribution in [2.24, 2.45) is 0 Å². The first kappa shape index (κ1) is 17.2. The molecule has 0 aliphatic carbocycles. The minimum absolute atomic E-state index is 0.146. The van der Waals surface area contributed by atoms with E-state index in [4.69, 9.17) is 5.11 Å². The van der Waals surface area contributed by atoms with Crippen LogP contribution in [-0.4, -0.2) is 53.1 Å². The predicted molar refractivity (Wildman–Crippen MR) is 70.8 cm³/mol. The molecule has 0 bridgehead atoms. The second-order valence-electron chi connectivity index (χ2n) is 4.36. The van der Waals surface area contributed by atoms with E-state index < -0.39 is 17.5 Å². The van der Waals surface area contributed by atoms with E-state index in [1.54, 1.807) is 11.8 Å². The monoisotopic (exact) mass is 273 g/mol. The number of carboxylic acids is 1. The number of nitrogens with zero attached hydrogens (tertiary/aromatic N) is 1. The molecule has 19 heavy (non-hydrogen) atoms. The van der Waals surface area contributed by atoms with Crippen LogP contribution in [0.15, 0.2) is 0 Å². The molecular weight excluding hydrogens is 250 g/mol. The largest absolute Gasteiger partial charge is 0.480 e. The van der Waals surface area contributed by atoms with Crippen LogP contribution in [0.25, 0.3) is 0 Å². The molecule has 0 aliphatic heterocycles. The summed E-state index contributed by atoms with van der Waals surface area (Å²) in [5.74, 6) is -1.31. The number of hydrogen-bond acceptors (Lipinski definition) is 3. The predicted octanol–water partition coefficient (Wildman–Crippen LogP) is 0.407. The molecule has 0 saturated heterocycles. The lowest BCUT2D eigenvalue weighted by molar-refractivity contribution is -0.143. The van der Waals surface area contributed by atoms with Crippen molar-refractivity contribution in [3.63, 3.8) is 0 Å². The fourth-order valence-electron chi connectivity index (χ4n) is 1.43. The molecule has 110 valence electrons. The number of carbonyl (C=O) groups excluding carboxylic acids is 2. The summed E-state index contributed by atoms with van der Waals surface area (Å²) in [5, 5.41) is 13.7. The van der Waals surface area contributed by atoms with Gasteiger partial charge < -0.3 is 20.6 Å². The third-order valence-corrected chi connectivity index (χ3v) is 3.08. The first-order chi connectivity index (χ1) is 8.80. The highest BCUT2D eigenvalue weighted by atomic mass is 16.4. The fourth-order valence-corrected chi connectivity index (χ4v) is 1.43. The number of carbonyl (C=O) groups is 3. The van der Waals surface area contributed by atoms with Crippen LogP contribution >= 0.6 is 0 Å². The Morgan fingerprint density at radius 1 is 1.16 bits per heavy atom. The van der Waals surface area contributed by atoms with Crippen LogP contribution in [0, 0.1) is 0 Å². The maximum atomic E-state index is 11.6. The molecule has 3 N–H and O–H groups in total. The van der Waals surface area contributed by atoms with E-state index in [0.717, 1.165) is 0 Å². The van der Waals surface area contributed by atoms with Crippen molar-refractivity contribution in [3.05, 3.63) is 0 Å². The third kappa shape index (κ3) is 5.15. The van der Waals surface area contributed by atoms with Gasteiger partial charge in [-0.2, -0.15) is 0 Å². The van der Waals surface area contributed by atoms with Crippen LogP contribution < -0.4 is 10.6 Å². The van der Waals surface area contributed by atoms with Crippen LogP contribution in [0.2, 0.25) is 0 Å². The Bertz CT molecular complexity index is 342. The minimum atomic E-state index is -1.33. The van der Waals surface area contributed by atoms with Gasteiger partial charge in [0, 0.05) is 13.1 Å². The van der Waals surface area contributed by atoms with Gasteiger partial charge in [-0.3, -0.25) is 4.79 Å². The number of carboxylic acid groups (broad SMARTS) is 1. The molecule has 0 fully saturated rings. The first-order valence-corrected chi connectivity index (χ1v) is 6.37. The highest BCUT2D eigenvalue weighted by Gasteiger charge is 2.32. The number of hydrogen-bond donors (Lipinski definition) is 3. The lowest BCUT2D eigenvalue weighted by Crippen LogP contribution is -2.55. The summed E-state index contributed by atoms with van der Waals surface area (Å²) >= 11 is 0. The van der Waals surface area contributed by atoms with Gasteiger partial charge in [0.15, 0.2) is 0 Å². The molecule has 0 rings (SSSR count). The molecular formula is C12H23N3O4. The number of nitrogens with one attached hydrogen (secondary N) is 2. The van der Waals surface area contributed by atoms with E-state index in [2.05, 4.69) is 10.6 Å². The molecule has 3 amide bonds. The van der Waals surface area contributed by atoms with Crippen LogP contribution in [0.5, 0.6) is 0 Å². The standard InChI is InChI=1S/C12H23N3O4/c1-5-12(4,10(17)18)14-11(19)13-8-9(16)15(6-2)7-3/h5-8H2,1-4H3,(H,17,18)(H2,13,14,19). The first-order valence-electron chi connectivity index (χ1n) is 6.37. The third-order valence-electron chi connectivity index (χ3n) is 3.08. The Morgan fingerprint density at radius 2 is 1.68 bits per heavy atom. The minimum Gasteiger partial charge on any atom is -0.480 e. The molecule has 0 aromatic rings. The summed E-state index contributed by atoms with van der Waals surface area (Å²) in [6.07, 6.45) is 0.250. The van der Waals surface area contributed by atoms with Gasteiger partial charge in [-0.25, -0.2) is 9.59 Å². The number of aliphatic carboxylic acids is 1. The number of amides is 3. The van der Waals surface area contributed by atoms with Gasteiger partial charge in [0.05, 0.1) is 6.54 Å². The molecule has 0 spiro atoms. The zero-order valence-electron chi connectivity index (χ0n) is 11.9. The fraction of sp³-hybridized carbons (Fsp3) is 0.750. The van der Waals surface area contributed by atoms with Crippen molar-refractivity contribution in [2.45, 2.75) is 39.7 Å². The summed E-state index contributed by atoms with van der Waals surface area (Å²) in [6.45, 7) is 7.77. The SMILES string of the molecule is CCN(CC)C(=O)CNC(=O)NC(C)(CC)C(=O)O. The Kier molecular flexibility index (Phi) is 6.89. The average Bonchev–Trinajstić information content (AvgIpc) is 2.37. The van der Waals surface area contributed by atoms with Crippen molar-refractivity contribution in [1.29, 1.82) is 0 Å². The quantitative estimate of drug-likeness (QED) is 0.625. The van der Waals surface area contributed by atoms with Gasteiger partial charge in [0.25, 0.3) is 0 Å². The average molecular weight is 273 g/mol. The van der Waals surface area contributed by atoms with Crippen LogP contribution in [0.4, 0.5) is 4.79 Å². The topological polar surface area (TPSA) is 98.7 Å². The van der Waals surface area contributed by atoms with E-state index in [1.807, 2.05) is 13.8 Å². The lowest BCUT2D eigenvalue weighted by atomic mass is 10.00. The van der Waals surface area contributed by atoms with E-state index in [-0.39, 0.29) is 18.9 Å². The van der Waals surface area contributed by atoms with Crippen molar-refractivity contribution in [2.75, 3.05) is 19.6 Å². The van der Waals surface area contributed by atoms with E-state index in [0.29, 0.717) is 13.1 Å². The normalized spacial score (nSPS) is 13.3. The maximum Gasteiger partial charge on any atom is 0.329 e. The molecule has 1 atom stereocenters. The molecule has 7 nitrogen and oxygen atoms in total. The number of rotatable bonds is 7. The second-order valence-corrected chi connectivity index (χ2v) is 4.36. The molecule has 1 unspecified atom stereocenters. The number of urea groups is 1. The zero-order chi connectivity index (χ0) is 15.1. The summed E-state index contributed by atoms with van der Waals surface area (Å²) in [6, 6.07) is -0.660. The summed E-state index contributed by atoms with van der Waals surface area (Å²) in [7, 11) is 0. The van der Waals surface area contributed by atoms with Crippen LogP contribution in [-0.2, 0) is 9.59 Å². The van der Waals surface area contributed by atoms with Gasteiger partial charge in [-0.15, -0.1) is 0 Å². The molecule has 7 heteroatoms. The van der Waals surface area contributed by atoms with Crippen molar-refractivity contribution < 1.29 is 19.5 Å². The lowest BCUT2D eigenvalue weighted by Gasteiger charge is -2.25. The van der Waals surface area contributed by atoms with Crippen molar-refractivity contribution in [1.82, 2.24) is 15.5 Å². The molecule has 0 heterocycles. The summed E-state index contributed by atoms with van der Waals surface area (Å²) < 4.78 is 0. The number of likely N-dealkylation sites (N-methyl/N-ethyl adjacent to an activating group) is 1.